The van der Waals surface area contributed by atoms with E-state index in [1.54, 1.807) is 18.6 Å². The maximum atomic E-state index is 8.68. The molecule has 0 aliphatic carbocycles. The standard InChI is InChI=1S/C14H17N3O2/c1-11(14-10-15-6-7-16-14)17-12-2-4-13(5-3-12)19-9-8-18/h2-7,10-11,17-18H,8-9H2,1H3. The smallest absolute Gasteiger partial charge is 0.119 e. The monoisotopic (exact) mass is 259 g/mol. The molecule has 1 unspecified atom stereocenters. The molecule has 1 heterocycles. The molecule has 100 valence electrons. The van der Waals surface area contributed by atoms with Crippen molar-refractivity contribution in [2.24, 2.45) is 0 Å². The molecular weight excluding hydrogens is 242 g/mol. The second kappa shape index (κ2) is 6.70. The Balaban J connectivity index is 1.96. The summed E-state index contributed by atoms with van der Waals surface area (Å²) in [6.45, 7) is 2.35. The molecular formula is C14H17N3O2. The molecule has 0 saturated heterocycles. The first-order valence-electron chi connectivity index (χ1n) is 6.16. The van der Waals surface area contributed by atoms with Gasteiger partial charge in [0.25, 0.3) is 0 Å². The van der Waals surface area contributed by atoms with Crippen LogP contribution in [0.25, 0.3) is 0 Å². The summed E-state index contributed by atoms with van der Waals surface area (Å²) < 4.78 is 5.30. The zero-order valence-corrected chi connectivity index (χ0v) is 10.8. The number of aromatic nitrogens is 2. The summed E-state index contributed by atoms with van der Waals surface area (Å²) in [7, 11) is 0. The normalized spacial score (nSPS) is 11.9. The van der Waals surface area contributed by atoms with E-state index >= 15 is 0 Å². The van der Waals surface area contributed by atoms with Crippen LogP contribution in [-0.4, -0.2) is 28.3 Å². The van der Waals surface area contributed by atoms with E-state index in [0.29, 0.717) is 6.61 Å². The Hall–Kier alpha value is -2.14. The molecule has 1 atom stereocenters. The highest BCUT2D eigenvalue weighted by atomic mass is 16.5. The molecule has 19 heavy (non-hydrogen) atoms. The fourth-order valence-electron chi connectivity index (χ4n) is 1.67. The predicted octanol–water partition coefficient (Wildman–Crippen LogP) is 2.02. The molecule has 0 aliphatic heterocycles. The summed E-state index contributed by atoms with van der Waals surface area (Å²) >= 11 is 0. The minimum atomic E-state index is 0.0176. The summed E-state index contributed by atoms with van der Waals surface area (Å²) in [6, 6.07) is 7.67. The summed E-state index contributed by atoms with van der Waals surface area (Å²) in [5.74, 6) is 0.742. The minimum Gasteiger partial charge on any atom is -0.491 e. The zero-order chi connectivity index (χ0) is 13.5. The van der Waals surface area contributed by atoms with E-state index in [1.165, 1.54) is 0 Å². The van der Waals surface area contributed by atoms with Crippen LogP contribution in [-0.2, 0) is 0 Å². The lowest BCUT2D eigenvalue weighted by atomic mass is 10.2. The van der Waals surface area contributed by atoms with Gasteiger partial charge >= 0.3 is 0 Å². The number of rotatable bonds is 6. The van der Waals surface area contributed by atoms with E-state index in [9.17, 15) is 0 Å². The average molecular weight is 259 g/mol. The number of aliphatic hydroxyl groups excluding tert-OH is 1. The number of benzene rings is 1. The van der Waals surface area contributed by atoms with Gasteiger partial charge in [-0.3, -0.25) is 9.97 Å². The van der Waals surface area contributed by atoms with E-state index < -0.39 is 0 Å². The summed E-state index contributed by atoms with van der Waals surface area (Å²) in [5, 5.41) is 12.0. The lowest BCUT2D eigenvalue weighted by molar-refractivity contribution is 0.201. The number of hydrogen-bond acceptors (Lipinski definition) is 5. The third kappa shape index (κ3) is 3.93. The largest absolute Gasteiger partial charge is 0.491 e. The fourth-order valence-corrected chi connectivity index (χ4v) is 1.67. The van der Waals surface area contributed by atoms with Crippen LogP contribution in [0.4, 0.5) is 5.69 Å². The Labute approximate surface area is 112 Å². The molecule has 0 amide bonds. The first kappa shape index (κ1) is 13.3. The Morgan fingerprint density at radius 1 is 1.26 bits per heavy atom. The minimum absolute atomic E-state index is 0.0176. The fraction of sp³-hybridized carbons (Fsp3) is 0.286. The summed E-state index contributed by atoms with van der Waals surface area (Å²) in [6.07, 6.45) is 5.08. The van der Waals surface area contributed by atoms with E-state index in [0.717, 1.165) is 17.1 Å². The van der Waals surface area contributed by atoms with Gasteiger partial charge in [0, 0.05) is 18.1 Å². The first-order valence-corrected chi connectivity index (χ1v) is 6.16. The van der Waals surface area contributed by atoms with Gasteiger partial charge in [-0.05, 0) is 31.2 Å². The summed E-state index contributed by atoms with van der Waals surface area (Å²) in [5.41, 5.74) is 1.87. The van der Waals surface area contributed by atoms with Gasteiger partial charge in [0.15, 0.2) is 0 Å². The van der Waals surface area contributed by atoms with E-state index in [-0.39, 0.29) is 12.6 Å². The van der Waals surface area contributed by atoms with Gasteiger partial charge in [-0.25, -0.2) is 0 Å². The molecule has 0 fully saturated rings. The maximum Gasteiger partial charge on any atom is 0.119 e. The van der Waals surface area contributed by atoms with Crippen molar-refractivity contribution in [1.82, 2.24) is 9.97 Å². The van der Waals surface area contributed by atoms with Crippen LogP contribution >= 0.6 is 0 Å². The van der Waals surface area contributed by atoms with Gasteiger partial charge in [0.2, 0.25) is 0 Å². The van der Waals surface area contributed by atoms with Crippen LogP contribution in [0.15, 0.2) is 42.9 Å². The van der Waals surface area contributed by atoms with Gasteiger partial charge in [-0.15, -0.1) is 0 Å². The first-order chi connectivity index (χ1) is 9.29. The van der Waals surface area contributed by atoms with Crippen LogP contribution in [0.3, 0.4) is 0 Å². The van der Waals surface area contributed by atoms with Crippen LogP contribution in [0.2, 0.25) is 0 Å². The maximum absolute atomic E-state index is 8.68. The second-order valence-electron chi connectivity index (χ2n) is 4.09. The van der Waals surface area contributed by atoms with Crippen molar-refractivity contribution in [3.63, 3.8) is 0 Å². The highest BCUT2D eigenvalue weighted by Gasteiger charge is 2.06. The third-order valence-electron chi connectivity index (χ3n) is 2.62. The van der Waals surface area contributed by atoms with E-state index in [2.05, 4.69) is 15.3 Å². The predicted molar refractivity (Wildman–Crippen MR) is 73.1 cm³/mol. The Kier molecular flexibility index (Phi) is 4.69. The lowest BCUT2D eigenvalue weighted by Gasteiger charge is -2.14. The van der Waals surface area contributed by atoms with Gasteiger partial charge in [-0.2, -0.15) is 0 Å². The van der Waals surface area contributed by atoms with Crippen molar-refractivity contribution in [3.05, 3.63) is 48.5 Å². The highest BCUT2D eigenvalue weighted by Crippen LogP contribution is 2.20. The Morgan fingerprint density at radius 2 is 2.05 bits per heavy atom. The van der Waals surface area contributed by atoms with Gasteiger partial charge in [-0.1, -0.05) is 0 Å². The Morgan fingerprint density at radius 3 is 2.68 bits per heavy atom. The molecule has 2 N–H and O–H groups in total. The van der Waals surface area contributed by atoms with Crippen molar-refractivity contribution in [2.45, 2.75) is 13.0 Å². The van der Waals surface area contributed by atoms with Crippen LogP contribution in [0.5, 0.6) is 5.75 Å². The molecule has 0 radical (unpaired) electrons. The number of aliphatic hydroxyl groups is 1. The molecule has 2 rings (SSSR count). The molecule has 0 saturated carbocycles. The quantitative estimate of drug-likeness (QED) is 0.830. The molecule has 5 heteroatoms. The SMILES string of the molecule is CC(Nc1ccc(OCCO)cc1)c1cnccn1. The average Bonchev–Trinajstić information content (AvgIpc) is 2.47. The number of hydrogen-bond donors (Lipinski definition) is 2. The van der Waals surface area contributed by atoms with Crippen molar-refractivity contribution in [1.29, 1.82) is 0 Å². The molecule has 0 aliphatic rings. The van der Waals surface area contributed by atoms with Crippen molar-refractivity contribution in [2.75, 3.05) is 18.5 Å². The topological polar surface area (TPSA) is 67.3 Å². The van der Waals surface area contributed by atoms with Gasteiger partial charge in [0.05, 0.1) is 24.5 Å². The third-order valence-corrected chi connectivity index (χ3v) is 2.62. The lowest BCUT2D eigenvalue weighted by Crippen LogP contribution is -2.08. The van der Waals surface area contributed by atoms with Crippen molar-refractivity contribution < 1.29 is 9.84 Å². The van der Waals surface area contributed by atoms with Crippen LogP contribution < -0.4 is 10.1 Å². The number of nitrogens with zero attached hydrogens (tertiary/aromatic N) is 2. The van der Waals surface area contributed by atoms with Crippen molar-refractivity contribution in [3.8, 4) is 5.75 Å². The number of ether oxygens (including phenoxy) is 1. The highest BCUT2D eigenvalue weighted by molar-refractivity contribution is 5.47. The van der Waals surface area contributed by atoms with Gasteiger partial charge < -0.3 is 15.2 Å². The Bertz CT molecular complexity index is 488. The zero-order valence-electron chi connectivity index (χ0n) is 10.8. The molecule has 2 aromatic rings. The molecule has 1 aromatic heterocycles. The van der Waals surface area contributed by atoms with Gasteiger partial charge in [0.1, 0.15) is 12.4 Å². The van der Waals surface area contributed by atoms with E-state index in [4.69, 9.17) is 9.84 Å². The van der Waals surface area contributed by atoms with Crippen LogP contribution in [0, 0.1) is 0 Å². The summed E-state index contributed by atoms with van der Waals surface area (Å²) in [4.78, 5) is 8.30. The second-order valence-corrected chi connectivity index (χ2v) is 4.09. The van der Waals surface area contributed by atoms with Crippen molar-refractivity contribution >= 4 is 5.69 Å². The number of anilines is 1. The molecule has 5 nitrogen and oxygen atoms in total. The number of nitrogens with one attached hydrogen (secondary N) is 1. The molecule has 0 spiro atoms. The van der Waals surface area contributed by atoms with E-state index in [1.807, 2.05) is 31.2 Å². The molecule has 0 bridgehead atoms. The molecule has 1 aromatic carbocycles. The van der Waals surface area contributed by atoms with Crippen LogP contribution in [0.1, 0.15) is 18.7 Å².